The molecule has 0 fully saturated rings. The number of aldehydes is 1. The summed E-state index contributed by atoms with van der Waals surface area (Å²) in [7, 11) is 0. The molecule has 2 rings (SSSR count). The van der Waals surface area contributed by atoms with E-state index in [-0.39, 0.29) is 0 Å². The first-order valence-electron chi connectivity index (χ1n) is 4.57. The van der Waals surface area contributed by atoms with Crippen LogP contribution in [0, 0.1) is 0 Å². The fourth-order valence-corrected chi connectivity index (χ4v) is 1.68. The van der Waals surface area contributed by atoms with Gasteiger partial charge in [0, 0.05) is 12.4 Å². The second-order valence-electron chi connectivity index (χ2n) is 3.12. The number of allylic oxidation sites excluding steroid dienone is 1. The van der Waals surface area contributed by atoms with Crippen molar-refractivity contribution >= 4 is 24.6 Å². The van der Waals surface area contributed by atoms with Crippen molar-refractivity contribution in [2.24, 2.45) is 0 Å². The van der Waals surface area contributed by atoms with Gasteiger partial charge in [0.1, 0.15) is 0 Å². The Morgan fingerprint density at radius 2 is 2.00 bits per heavy atom. The van der Waals surface area contributed by atoms with Crippen molar-refractivity contribution in [1.29, 1.82) is 0 Å². The molecule has 0 saturated heterocycles. The molecule has 1 aliphatic rings. The fourth-order valence-electron chi connectivity index (χ4n) is 1.68. The summed E-state index contributed by atoms with van der Waals surface area (Å²) in [6.45, 7) is 1.85. The van der Waals surface area contributed by atoms with E-state index in [4.69, 9.17) is 0 Å². The standard InChI is InChI=1S/C11H10N2O2/c1-2-10-11-4-3-9(7-14)13(11)6-5-12(10)8-15/h2-8H,1H3. The largest absolute Gasteiger partial charge is 0.311 e. The number of hydrogen-bond acceptors (Lipinski definition) is 2. The Labute approximate surface area is 87.1 Å². The summed E-state index contributed by atoms with van der Waals surface area (Å²) in [5.74, 6) is 0. The van der Waals surface area contributed by atoms with Crippen LogP contribution in [0.2, 0.25) is 0 Å². The summed E-state index contributed by atoms with van der Waals surface area (Å²) in [5, 5.41) is 0. The summed E-state index contributed by atoms with van der Waals surface area (Å²) in [6, 6.07) is 3.55. The Kier molecular flexibility index (Phi) is 2.25. The van der Waals surface area contributed by atoms with Gasteiger partial charge in [0.25, 0.3) is 0 Å². The summed E-state index contributed by atoms with van der Waals surface area (Å²) in [6.07, 6.45) is 6.68. The minimum Gasteiger partial charge on any atom is -0.311 e. The van der Waals surface area contributed by atoms with E-state index in [0.29, 0.717) is 5.69 Å². The van der Waals surface area contributed by atoms with Gasteiger partial charge in [-0.05, 0) is 19.1 Å². The molecular weight excluding hydrogens is 192 g/mol. The molecule has 4 nitrogen and oxygen atoms in total. The molecule has 1 amide bonds. The van der Waals surface area contributed by atoms with Crippen LogP contribution in [0.3, 0.4) is 0 Å². The highest BCUT2D eigenvalue weighted by atomic mass is 16.1. The highest BCUT2D eigenvalue weighted by molar-refractivity contribution is 5.82. The van der Waals surface area contributed by atoms with Gasteiger partial charge in [-0.25, -0.2) is 0 Å². The summed E-state index contributed by atoms with van der Waals surface area (Å²) < 4.78 is 1.75. The Morgan fingerprint density at radius 1 is 1.20 bits per heavy atom. The van der Waals surface area contributed by atoms with Crippen LogP contribution in [0.25, 0.3) is 11.9 Å². The van der Waals surface area contributed by atoms with Gasteiger partial charge in [-0.3, -0.25) is 14.5 Å². The van der Waals surface area contributed by atoms with E-state index in [0.717, 1.165) is 24.1 Å². The molecule has 1 aromatic heterocycles. The predicted molar refractivity (Wildman–Crippen MR) is 56.7 cm³/mol. The first-order chi connectivity index (χ1) is 7.31. The van der Waals surface area contributed by atoms with Crippen molar-refractivity contribution in [1.82, 2.24) is 9.47 Å². The number of carbonyl (C=O) groups is 2. The molecule has 0 atom stereocenters. The molecule has 0 aromatic carbocycles. The average Bonchev–Trinajstić information content (AvgIpc) is 2.70. The van der Waals surface area contributed by atoms with E-state index >= 15 is 0 Å². The molecule has 0 aliphatic carbocycles. The van der Waals surface area contributed by atoms with E-state index in [1.807, 2.05) is 19.1 Å². The third kappa shape index (κ3) is 1.30. The Balaban J connectivity index is 2.60. The molecule has 0 radical (unpaired) electrons. The molecule has 0 unspecified atom stereocenters. The third-order valence-corrected chi connectivity index (χ3v) is 2.37. The molecule has 0 spiro atoms. The second-order valence-corrected chi connectivity index (χ2v) is 3.12. The molecule has 4 heteroatoms. The van der Waals surface area contributed by atoms with Crippen LogP contribution in [0.5, 0.6) is 0 Å². The summed E-state index contributed by atoms with van der Waals surface area (Å²) in [5.41, 5.74) is 2.20. The van der Waals surface area contributed by atoms with Crippen LogP contribution in [0.4, 0.5) is 0 Å². The third-order valence-electron chi connectivity index (χ3n) is 2.37. The molecule has 1 aromatic rings. The van der Waals surface area contributed by atoms with Crippen LogP contribution in [-0.4, -0.2) is 22.2 Å². The topological polar surface area (TPSA) is 42.3 Å². The van der Waals surface area contributed by atoms with Crippen molar-refractivity contribution in [3.05, 3.63) is 35.8 Å². The Bertz CT molecular complexity index is 469. The molecule has 0 bridgehead atoms. The maximum absolute atomic E-state index is 10.8. The van der Waals surface area contributed by atoms with Gasteiger partial charge in [0.2, 0.25) is 6.41 Å². The van der Waals surface area contributed by atoms with Crippen molar-refractivity contribution in [3.8, 4) is 0 Å². The fraction of sp³-hybridized carbons (Fsp3) is 0.0909. The number of aromatic nitrogens is 1. The quantitative estimate of drug-likeness (QED) is 0.683. The molecule has 76 valence electrons. The molecule has 0 saturated carbocycles. The van der Waals surface area contributed by atoms with Gasteiger partial charge in [0.05, 0.1) is 17.1 Å². The molecule has 2 heterocycles. The first-order valence-corrected chi connectivity index (χ1v) is 4.57. The maximum atomic E-state index is 10.8. The smallest absolute Gasteiger partial charge is 0.218 e. The summed E-state index contributed by atoms with van der Waals surface area (Å²) >= 11 is 0. The van der Waals surface area contributed by atoms with E-state index in [2.05, 4.69) is 0 Å². The number of carbonyl (C=O) groups excluding carboxylic acids is 2. The second kappa shape index (κ2) is 3.57. The van der Waals surface area contributed by atoms with Gasteiger partial charge in [0.15, 0.2) is 6.29 Å². The maximum Gasteiger partial charge on any atom is 0.218 e. The lowest BCUT2D eigenvalue weighted by molar-refractivity contribution is -0.113. The lowest BCUT2D eigenvalue weighted by Gasteiger charge is -2.22. The molecule has 1 aliphatic heterocycles. The molecule has 0 N–H and O–H groups in total. The normalized spacial score (nSPS) is 16.6. The van der Waals surface area contributed by atoms with Crippen LogP contribution in [0.1, 0.15) is 23.1 Å². The highest BCUT2D eigenvalue weighted by Crippen LogP contribution is 2.25. The van der Waals surface area contributed by atoms with Crippen molar-refractivity contribution < 1.29 is 9.59 Å². The predicted octanol–water partition coefficient (Wildman–Crippen LogP) is 1.56. The zero-order valence-electron chi connectivity index (χ0n) is 8.25. The monoisotopic (exact) mass is 202 g/mol. The zero-order chi connectivity index (χ0) is 10.8. The molecule has 15 heavy (non-hydrogen) atoms. The lowest BCUT2D eigenvalue weighted by atomic mass is 10.2. The van der Waals surface area contributed by atoms with Crippen molar-refractivity contribution in [2.45, 2.75) is 6.92 Å². The molecular formula is C11H10N2O2. The van der Waals surface area contributed by atoms with Crippen molar-refractivity contribution in [2.75, 3.05) is 0 Å². The number of hydrogen-bond donors (Lipinski definition) is 0. The number of fused-ring (bicyclic) bond motifs is 1. The minimum absolute atomic E-state index is 0.575. The Hall–Kier alpha value is -2.10. The first kappa shape index (κ1) is 9.45. The van der Waals surface area contributed by atoms with E-state index in [9.17, 15) is 9.59 Å². The van der Waals surface area contributed by atoms with Gasteiger partial charge < -0.3 is 4.57 Å². The van der Waals surface area contributed by atoms with Crippen LogP contribution in [-0.2, 0) is 4.79 Å². The van der Waals surface area contributed by atoms with E-state index in [1.54, 1.807) is 23.0 Å². The van der Waals surface area contributed by atoms with E-state index in [1.165, 1.54) is 4.90 Å². The van der Waals surface area contributed by atoms with Crippen LogP contribution in [0.15, 0.2) is 24.4 Å². The van der Waals surface area contributed by atoms with Gasteiger partial charge in [-0.15, -0.1) is 0 Å². The highest BCUT2D eigenvalue weighted by Gasteiger charge is 2.17. The van der Waals surface area contributed by atoms with Gasteiger partial charge >= 0.3 is 0 Å². The van der Waals surface area contributed by atoms with Crippen LogP contribution >= 0.6 is 0 Å². The minimum atomic E-state index is 0.575. The average molecular weight is 202 g/mol. The van der Waals surface area contributed by atoms with E-state index < -0.39 is 0 Å². The van der Waals surface area contributed by atoms with Crippen molar-refractivity contribution in [3.63, 3.8) is 0 Å². The number of amides is 1. The zero-order valence-corrected chi connectivity index (χ0v) is 8.25. The number of rotatable bonds is 2. The van der Waals surface area contributed by atoms with Crippen LogP contribution < -0.4 is 0 Å². The Morgan fingerprint density at radius 3 is 2.60 bits per heavy atom. The lowest BCUT2D eigenvalue weighted by Crippen LogP contribution is -2.19. The number of nitrogens with zero attached hydrogens (tertiary/aromatic N) is 2. The summed E-state index contributed by atoms with van der Waals surface area (Å²) in [4.78, 5) is 23.0. The van der Waals surface area contributed by atoms with Gasteiger partial charge in [-0.2, -0.15) is 0 Å². The van der Waals surface area contributed by atoms with Gasteiger partial charge in [-0.1, -0.05) is 6.08 Å². The SMILES string of the molecule is CC=C1c2ccc(C=O)n2C=CN1C=O.